The summed E-state index contributed by atoms with van der Waals surface area (Å²) in [5, 5.41) is 0.948. The second-order valence-electron chi connectivity index (χ2n) is 3.15. The first-order valence-corrected chi connectivity index (χ1v) is 5.38. The van der Waals surface area contributed by atoms with Gasteiger partial charge in [0.15, 0.2) is 0 Å². The fourth-order valence-corrected chi connectivity index (χ4v) is 2.02. The van der Waals surface area contributed by atoms with Crippen molar-refractivity contribution in [1.82, 2.24) is 4.98 Å². The molecule has 84 valence electrons. The average Bonchev–Trinajstić information content (AvgIpc) is 2.15. The Balaban J connectivity index is 2.75. The number of aromatic nitrogens is 1. The van der Waals surface area contributed by atoms with Crippen molar-refractivity contribution in [3.05, 3.63) is 39.5 Å². The van der Waals surface area contributed by atoms with Gasteiger partial charge in [-0.25, -0.2) is 4.98 Å². The molecule has 2 rings (SSSR count). The highest BCUT2D eigenvalue weighted by Gasteiger charge is 2.33. The van der Waals surface area contributed by atoms with E-state index >= 15 is 0 Å². The van der Waals surface area contributed by atoms with Gasteiger partial charge in [-0.2, -0.15) is 13.2 Å². The van der Waals surface area contributed by atoms with E-state index in [0.29, 0.717) is 14.9 Å². The summed E-state index contributed by atoms with van der Waals surface area (Å²) in [7, 11) is 0. The van der Waals surface area contributed by atoms with Crippen molar-refractivity contribution in [2.24, 2.45) is 0 Å². The molecule has 0 N–H and O–H groups in total. The standard InChI is InChI=1S/C10H4BrClF3N/c11-7-4-9(10(13,14)15)16-8-3-5(12)1-2-6(7)8/h1-4H. The monoisotopic (exact) mass is 309 g/mol. The number of hydrogen-bond donors (Lipinski definition) is 0. The van der Waals surface area contributed by atoms with Crippen LogP contribution in [0.15, 0.2) is 28.7 Å². The van der Waals surface area contributed by atoms with Gasteiger partial charge in [-0.1, -0.05) is 33.6 Å². The normalized spacial score (nSPS) is 12.1. The van der Waals surface area contributed by atoms with Crippen LogP contribution in [0, 0.1) is 0 Å². The molecular weight excluding hydrogens is 306 g/mol. The average molecular weight is 310 g/mol. The van der Waals surface area contributed by atoms with Gasteiger partial charge < -0.3 is 0 Å². The summed E-state index contributed by atoms with van der Waals surface area (Å²) in [6.45, 7) is 0. The van der Waals surface area contributed by atoms with Crippen LogP contribution in [0.5, 0.6) is 0 Å². The van der Waals surface area contributed by atoms with Crippen LogP contribution >= 0.6 is 27.5 Å². The lowest BCUT2D eigenvalue weighted by Gasteiger charge is -2.08. The predicted octanol–water partition coefficient (Wildman–Crippen LogP) is 4.67. The first kappa shape index (κ1) is 11.7. The Morgan fingerprint density at radius 3 is 2.50 bits per heavy atom. The van der Waals surface area contributed by atoms with Crippen LogP contribution in [0.1, 0.15) is 5.69 Å². The highest BCUT2D eigenvalue weighted by molar-refractivity contribution is 9.10. The van der Waals surface area contributed by atoms with Crippen molar-refractivity contribution in [2.75, 3.05) is 0 Å². The Bertz CT molecular complexity index is 553. The highest BCUT2D eigenvalue weighted by Crippen LogP contribution is 2.33. The number of halogens is 5. The van der Waals surface area contributed by atoms with Crippen molar-refractivity contribution in [1.29, 1.82) is 0 Å². The molecule has 0 saturated carbocycles. The number of hydrogen-bond acceptors (Lipinski definition) is 1. The smallest absolute Gasteiger partial charge is 0.243 e. The molecule has 0 aliphatic carbocycles. The van der Waals surface area contributed by atoms with Gasteiger partial charge in [0.1, 0.15) is 5.69 Å². The molecule has 0 aliphatic heterocycles. The Morgan fingerprint density at radius 1 is 1.19 bits per heavy atom. The lowest BCUT2D eigenvalue weighted by molar-refractivity contribution is -0.141. The SMILES string of the molecule is FC(F)(F)c1cc(Br)c2ccc(Cl)cc2n1. The van der Waals surface area contributed by atoms with Gasteiger partial charge in [0.2, 0.25) is 0 Å². The molecule has 1 aromatic heterocycles. The minimum atomic E-state index is -4.46. The van der Waals surface area contributed by atoms with Gasteiger partial charge in [-0.15, -0.1) is 0 Å². The van der Waals surface area contributed by atoms with Crippen LogP contribution in [0.3, 0.4) is 0 Å². The van der Waals surface area contributed by atoms with Gasteiger partial charge in [0, 0.05) is 14.9 Å². The quantitative estimate of drug-likeness (QED) is 0.689. The van der Waals surface area contributed by atoms with E-state index in [1.807, 2.05) is 0 Å². The van der Waals surface area contributed by atoms with Gasteiger partial charge in [0.05, 0.1) is 5.52 Å². The summed E-state index contributed by atoms with van der Waals surface area (Å²) in [5.41, 5.74) is -0.719. The van der Waals surface area contributed by atoms with Crippen molar-refractivity contribution >= 4 is 38.4 Å². The number of pyridine rings is 1. The topological polar surface area (TPSA) is 12.9 Å². The molecular formula is C10H4BrClF3N. The fraction of sp³-hybridized carbons (Fsp3) is 0.100. The van der Waals surface area contributed by atoms with E-state index in [1.165, 1.54) is 6.07 Å². The van der Waals surface area contributed by atoms with Crippen molar-refractivity contribution in [3.8, 4) is 0 Å². The minimum Gasteiger partial charge on any atom is -0.243 e. The van der Waals surface area contributed by atoms with E-state index in [2.05, 4.69) is 20.9 Å². The third kappa shape index (κ3) is 2.15. The lowest BCUT2D eigenvalue weighted by atomic mass is 10.2. The summed E-state index contributed by atoms with van der Waals surface area (Å²) in [4.78, 5) is 3.53. The molecule has 1 heterocycles. The molecule has 16 heavy (non-hydrogen) atoms. The second-order valence-corrected chi connectivity index (χ2v) is 4.44. The van der Waals surface area contributed by atoms with Crippen molar-refractivity contribution in [2.45, 2.75) is 6.18 Å². The maximum Gasteiger partial charge on any atom is 0.433 e. The summed E-state index contributed by atoms with van der Waals surface area (Å²) >= 11 is 8.78. The minimum absolute atomic E-state index is 0.217. The molecule has 0 bridgehead atoms. The van der Waals surface area contributed by atoms with Gasteiger partial charge in [-0.05, 0) is 18.2 Å². The molecule has 1 nitrogen and oxygen atoms in total. The van der Waals surface area contributed by atoms with Gasteiger partial charge in [-0.3, -0.25) is 0 Å². The molecule has 6 heteroatoms. The van der Waals surface area contributed by atoms with Crippen LogP contribution in [0.25, 0.3) is 10.9 Å². The Morgan fingerprint density at radius 2 is 1.88 bits per heavy atom. The molecule has 0 aliphatic rings. The first-order chi connectivity index (χ1) is 7.38. The molecule has 0 amide bonds. The van der Waals surface area contributed by atoms with E-state index in [0.717, 1.165) is 6.07 Å². The van der Waals surface area contributed by atoms with Crippen LogP contribution in [0.4, 0.5) is 13.2 Å². The molecule has 1 aromatic carbocycles. The number of alkyl halides is 3. The van der Waals surface area contributed by atoms with Gasteiger partial charge in [0.25, 0.3) is 0 Å². The van der Waals surface area contributed by atoms with Crippen LogP contribution < -0.4 is 0 Å². The van der Waals surface area contributed by atoms with E-state index in [9.17, 15) is 13.2 Å². The van der Waals surface area contributed by atoms with Crippen molar-refractivity contribution in [3.63, 3.8) is 0 Å². The summed E-state index contributed by atoms with van der Waals surface area (Å²) in [6, 6.07) is 5.58. The predicted molar refractivity (Wildman–Crippen MR) is 59.5 cm³/mol. The zero-order chi connectivity index (χ0) is 11.9. The lowest BCUT2D eigenvalue weighted by Crippen LogP contribution is -2.07. The maximum atomic E-state index is 12.5. The largest absolute Gasteiger partial charge is 0.433 e. The van der Waals surface area contributed by atoms with Crippen LogP contribution in [-0.4, -0.2) is 4.98 Å². The fourth-order valence-electron chi connectivity index (χ4n) is 1.30. The zero-order valence-corrected chi connectivity index (χ0v) is 9.99. The molecule has 0 saturated heterocycles. The Kier molecular flexibility index (Phi) is 2.84. The summed E-state index contributed by atoms with van der Waals surface area (Å²) in [5.74, 6) is 0. The molecule has 0 spiro atoms. The van der Waals surface area contributed by atoms with E-state index in [-0.39, 0.29) is 5.52 Å². The second kappa shape index (κ2) is 3.89. The number of benzene rings is 1. The van der Waals surface area contributed by atoms with Gasteiger partial charge >= 0.3 is 6.18 Å². The third-order valence-corrected chi connectivity index (χ3v) is 2.90. The third-order valence-electron chi connectivity index (χ3n) is 2.01. The van der Waals surface area contributed by atoms with Crippen LogP contribution in [-0.2, 0) is 6.18 Å². The number of rotatable bonds is 0. The molecule has 0 unspecified atom stereocenters. The molecule has 2 aromatic rings. The van der Waals surface area contributed by atoms with E-state index < -0.39 is 11.9 Å². The van der Waals surface area contributed by atoms with Crippen molar-refractivity contribution < 1.29 is 13.2 Å². The van der Waals surface area contributed by atoms with E-state index in [1.54, 1.807) is 12.1 Å². The Labute approximate surface area is 102 Å². The number of nitrogens with zero attached hydrogens (tertiary/aromatic N) is 1. The van der Waals surface area contributed by atoms with E-state index in [4.69, 9.17) is 11.6 Å². The number of fused-ring (bicyclic) bond motifs is 1. The summed E-state index contributed by atoms with van der Waals surface area (Å²) < 4.78 is 37.8. The molecule has 0 atom stereocenters. The molecule has 0 fully saturated rings. The zero-order valence-electron chi connectivity index (χ0n) is 7.65. The highest BCUT2D eigenvalue weighted by atomic mass is 79.9. The summed E-state index contributed by atoms with van der Waals surface area (Å²) in [6.07, 6.45) is -4.46. The first-order valence-electron chi connectivity index (χ1n) is 4.21. The Hall–Kier alpha value is -0.810. The maximum absolute atomic E-state index is 12.5. The van der Waals surface area contributed by atoms with Crippen LogP contribution in [0.2, 0.25) is 5.02 Å². The molecule has 0 radical (unpaired) electrons.